The summed E-state index contributed by atoms with van der Waals surface area (Å²) in [5.41, 5.74) is 7.58. The average Bonchev–Trinajstić information content (AvgIpc) is 2.21. The molecule has 2 N–H and O–H groups in total. The molecule has 1 aromatic carbocycles. The van der Waals surface area contributed by atoms with Gasteiger partial charge in [-0.2, -0.15) is 5.26 Å². The predicted molar refractivity (Wildman–Crippen MR) is 58.5 cm³/mol. The molecule has 0 heterocycles. The molecule has 1 rings (SSSR count). The van der Waals surface area contributed by atoms with Gasteiger partial charge in [0.25, 0.3) is 0 Å². The van der Waals surface area contributed by atoms with Crippen LogP contribution in [0.1, 0.15) is 17.5 Å². The van der Waals surface area contributed by atoms with Crippen LogP contribution in [-0.4, -0.2) is 6.54 Å². The second kappa shape index (κ2) is 5.95. The van der Waals surface area contributed by atoms with Gasteiger partial charge in [-0.15, -0.1) is 0 Å². The molecule has 1 aromatic rings. The maximum absolute atomic E-state index is 8.48. The molecule has 0 aliphatic heterocycles. The van der Waals surface area contributed by atoms with E-state index in [4.69, 9.17) is 11.0 Å². The maximum Gasteiger partial charge on any atom is 0.0669 e. The van der Waals surface area contributed by atoms with E-state index in [2.05, 4.69) is 12.1 Å². The zero-order valence-corrected chi connectivity index (χ0v) is 8.11. The van der Waals surface area contributed by atoms with Crippen molar-refractivity contribution in [3.63, 3.8) is 0 Å². The van der Waals surface area contributed by atoms with Crippen LogP contribution in [0.5, 0.6) is 0 Å². The fourth-order valence-electron chi connectivity index (χ4n) is 1.15. The lowest BCUT2D eigenvalue weighted by molar-refractivity contribution is 1.01. The summed E-state index contributed by atoms with van der Waals surface area (Å²) in [4.78, 5) is 0. The highest BCUT2D eigenvalue weighted by Crippen LogP contribution is 2.06. The normalized spacial score (nSPS) is 10.3. The highest BCUT2D eigenvalue weighted by atomic mass is 14.5. The largest absolute Gasteiger partial charge is 0.330 e. The predicted octanol–water partition coefficient (Wildman–Crippen LogP) is 2.11. The molecule has 2 nitrogen and oxygen atoms in total. The Labute approximate surface area is 84.7 Å². The topological polar surface area (TPSA) is 49.8 Å². The summed E-state index contributed by atoms with van der Waals surface area (Å²) >= 11 is 0. The van der Waals surface area contributed by atoms with Gasteiger partial charge in [-0.1, -0.05) is 36.4 Å². The molecule has 0 unspecified atom stereocenters. The number of rotatable bonds is 4. The number of nitrogens with two attached hydrogens (primary N) is 1. The molecule has 0 radical (unpaired) electrons. The lowest BCUT2D eigenvalue weighted by Crippen LogP contribution is -1.94. The average molecular weight is 186 g/mol. The molecule has 0 aromatic heterocycles. The van der Waals surface area contributed by atoms with E-state index in [0.717, 1.165) is 17.5 Å². The lowest BCUT2D eigenvalue weighted by Gasteiger charge is -1.95. The number of nitrogens with zero attached hydrogens (tertiary/aromatic N) is 1. The number of hydrogen-bond acceptors (Lipinski definition) is 2. The minimum absolute atomic E-state index is 0.479. The molecule has 14 heavy (non-hydrogen) atoms. The Morgan fingerprint density at radius 2 is 2.00 bits per heavy atom. The zero-order valence-electron chi connectivity index (χ0n) is 8.11. The van der Waals surface area contributed by atoms with Gasteiger partial charge in [0.05, 0.1) is 12.5 Å². The summed E-state index contributed by atoms with van der Waals surface area (Å²) in [5, 5.41) is 8.48. The van der Waals surface area contributed by atoms with Crippen LogP contribution < -0.4 is 5.73 Å². The Balaban J connectivity index is 2.60. The van der Waals surface area contributed by atoms with Gasteiger partial charge in [0.2, 0.25) is 0 Å². The smallest absolute Gasteiger partial charge is 0.0669 e. The Kier molecular flexibility index (Phi) is 4.46. The van der Waals surface area contributed by atoms with Gasteiger partial charge in [0, 0.05) is 0 Å². The molecular formula is C12H14N2. The first kappa shape index (κ1) is 10.5. The van der Waals surface area contributed by atoms with E-state index in [9.17, 15) is 0 Å². The highest BCUT2D eigenvalue weighted by Gasteiger charge is 1.90. The molecule has 72 valence electrons. The third kappa shape index (κ3) is 3.42. The van der Waals surface area contributed by atoms with E-state index >= 15 is 0 Å². The fraction of sp³-hybridized carbons (Fsp3) is 0.250. The van der Waals surface area contributed by atoms with Crippen LogP contribution in [0.4, 0.5) is 0 Å². The van der Waals surface area contributed by atoms with Crippen molar-refractivity contribution in [3.8, 4) is 6.07 Å². The maximum atomic E-state index is 8.48. The van der Waals surface area contributed by atoms with Gasteiger partial charge in [-0.05, 0) is 24.1 Å². The third-order valence-corrected chi connectivity index (χ3v) is 1.91. The standard InChI is InChI=1S/C12H14N2/c13-9-2-1-3-11-4-6-12(7-5-11)8-10-14/h1,3-7H,2,8-9,13H2. The van der Waals surface area contributed by atoms with Gasteiger partial charge in [-0.3, -0.25) is 0 Å². The van der Waals surface area contributed by atoms with Gasteiger partial charge < -0.3 is 5.73 Å². The Hall–Kier alpha value is -1.59. The van der Waals surface area contributed by atoms with Crippen LogP contribution in [0.3, 0.4) is 0 Å². The molecule has 0 aliphatic rings. The minimum Gasteiger partial charge on any atom is -0.330 e. The first-order valence-corrected chi connectivity index (χ1v) is 4.69. The second-order valence-electron chi connectivity index (χ2n) is 3.06. The van der Waals surface area contributed by atoms with E-state index in [-0.39, 0.29) is 0 Å². The van der Waals surface area contributed by atoms with Gasteiger partial charge in [0.1, 0.15) is 0 Å². The minimum atomic E-state index is 0.479. The summed E-state index contributed by atoms with van der Waals surface area (Å²) in [7, 11) is 0. The first-order valence-electron chi connectivity index (χ1n) is 4.69. The molecule has 0 amide bonds. The molecule has 0 bridgehead atoms. The quantitative estimate of drug-likeness (QED) is 0.783. The molecule has 2 heteroatoms. The van der Waals surface area contributed by atoms with E-state index < -0.39 is 0 Å². The molecule has 0 aliphatic carbocycles. The van der Waals surface area contributed by atoms with Crippen LogP contribution in [0.2, 0.25) is 0 Å². The third-order valence-electron chi connectivity index (χ3n) is 1.91. The van der Waals surface area contributed by atoms with Gasteiger partial charge >= 0.3 is 0 Å². The summed E-state index contributed by atoms with van der Waals surface area (Å²) in [6.45, 7) is 0.684. The molecule has 0 spiro atoms. The van der Waals surface area contributed by atoms with Crippen molar-refractivity contribution in [1.29, 1.82) is 5.26 Å². The zero-order chi connectivity index (χ0) is 10.2. The van der Waals surface area contributed by atoms with Gasteiger partial charge in [-0.25, -0.2) is 0 Å². The van der Waals surface area contributed by atoms with Gasteiger partial charge in [0.15, 0.2) is 0 Å². The highest BCUT2D eigenvalue weighted by molar-refractivity contribution is 5.49. The molecular weight excluding hydrogens is 172 g/mol. The van der Waals surface area contributed by atoms with Crippen molar-refractivity contribution in [2.45, 2.75) is 12.8 Å². The van der Waals surface area contributed by atoms with Crippen molar-refractivity contribution >= 4 is 6.08 Å². The molecule has 0 saturated carbocycles. The van der Waals surface area contributed by atoms with Crippen LogP contribution in [-0.2, 0) is 6.42 Å². The fourth-order valence-corrected chi connectivity index (χ4v) is 1.15. The Morgan fingerprint density at radius 1 is 1.29 bits per heavy atom. The van der Waals surface area contributed by atoms with Crippen molar-refractivity contribution in [3.05, 3.63) is 41.5 Å². The molecule has 0 atom stereocenters. The van der Waals surface area contributed by atoms with E-state index in [1.165, 1.54) is 0 Å². The SMILES string of the molecule is N#CCc1ccc(C=CCCN)cc1. The van der Waals surface area contributed by atoms with Crippen LogP contribution in [0, 0.1) is 11.3 Å². The number of benzene rings is 1. The second-order valence-corrected chi connectivity index (χ2v) is 3.06. The summed E-state index contributed by atoms with van der Waals surface area (Å²) in [6.07, 6.45) is 5.48. The first-order chi connectivity index (χ1) is 6.86. The van der Waals surface area contributed by atoms with Crippen molar-refractivity contribution in [1.82, 2.24) is 0 Å². The lowest BCUT2D eigenvalue weighted by atomic mass is 10.1. The van der Waals surface area contributed by atoms with E-state index in [0.29, 0.717) is 13.0 Å². The number of nitriles is 1. The van der Waals surface area contributed by atoms with Crippen LogP contribution in [0.15, 0.2) is 30.3 Å². The monoisotopic (exact) mass is 186 g/mol. The van der Waals surface area contributed by atoms with Crippen molar-refractivity contribution in [2.24, 2.45) is 5.73 Å². The van der Waals surface area contributed by atoms with Crippen molar-refractivity contribution in [2.75, 3.05) is 6.54 Å². The number of hydrogen-bond donors (Lipinski definition) is 1. The molecule has 0 saturated heterocycles. The molecule has 0 fully saturated rings. The van der Waals surface area contributed by atoms with Crippen molar-refractivity contribution < 1.29 is 0 Å². The Bertz CT molecular complexity index is 330. The summed E-state index contributed by atoms with van der Waals surface area (Å²) in [6, 6.07) is 10.1. The Morgan fingerprint density at radius 3 is 2.57 bits per heavy atom. The summed E-state index contributed by atoms with van der Waals surface area (Å²) < 4.78 is 0. The van der Waals surface area contributed by atoms with E-state index in [1.807, 2.05) is 30.3 Å². The van der Waals surface area contributed by atoms with Crippen LogP contribution >= 0.6 is 0 Å². The van der Waals surface area contributed by atoms with Crippen LogP contribution in [0.25, 0.3) is 6.08 Å². The van der Waals surface area contributed by atoms with E-state index in [1.54, 1.807) is 0 Å². The summed E-state index contributed by atoms with van der Waals surface area (Å²) in [5.74, 6) is 0.